The van der Waals surface area contributed by atoms with Gasteiger partial charge in [0.25, 0.3) is 0 Å². The predicted octanol–water partition coefficient (Wildman–Crippen LogP) is 0.859. The molecule has 92 valence electrons. The Hall–Kier alpha value is -1.89. The van der Waals surface area contributed by atoms with Crippen LogP contribution in [0.2, 0.25) is 0 Å². The number of carbonyl (C=O) groups excluding carboxylic acids is 1. The minimum Gasteiger partial charge on any atom is -0.465 e. The Labute approximate surface area is 99.0 Å². The second kappa shape index (κ2) is 5.44. The summed E-state index contributed by atoms with van der Waals surface area (Å²) in [4.78, 5) is 10.6. The van der Waals surface area contributed by atoms with E-state index in [9.17, 15) is 13.2 Å². The molecule has 0 N–H and O–H groups in total. The van der Waals surface area contributed by atoms with Crippen LogP contribution in [-0.2, 0) is 23.9 Å². The zero-order valence-electron chi connectivity index (χ0n) is 9.28. The van der Waals surface area contributed by atoms with Gasteiger partial charge < -0.3 is 4.74 Å². The Morgan fingerprint density at radius 3 is 2.41 bits per heavy atom. The lowest BCUT2D eigenvalue weighted by Crippen LogP contribution is -2.05. The highest BCUT2D eigenvalue weighted by Crippen LogP contribution is 2.12. The fraction of sp³-hybridized carbons (Fsp3) is 0.200. The number of hydrogen-bond donors (Lipinski definition) is 0. The highest BCUT2D eigenvalue weighted by Gasteiger charge is 2.14. The average Bonchev–Trinajstić information content (AvgIpc) is 2.29. The summed E-state index contributed by atoms with van der Waals surface area (Å²) in [5, 5.41) is 3.03. The highest BCUT2D eigenvalue weighted by atomic mass is 32.2. The topological polar surface area (TPSA) is 82.0 Å². The molecular weight excluding hydrogens is 246 g/mol. The summed E-state index contributed by atoms with van der Waals surface area (Å²) >= 11 is 0. The standard InChI is InChI=1S/C10H11NO5S/c1-8-3-5-9(6-4-8)17(13,14)16-11-7-10(12)15-2/h3-7H,1-2H3/b11-7+. The number of carbonyl (C=O) groups is 1. The first-order chi connectivity index (χ1) is 7.95. The molecule has 0 spiro atoms. The van der Waals surface area contributed by atoms with E-state index in [1.165, 1.54) is 12.1 Å². The summed E-state index contributed by atoms with van der Waals surface area (Å²) in [6, 6.07) is 6.02. The van der Waals surface area contributed by atoms with Gasteiger partial charge in [-0.1, -0.05) is 22.9 Å². The SMILES string of the molecule is COC(=O)/C=N/OS(=O)(=O)c1ccc(C)cc1. The third-order valence-corrected chi connectivity index (χ3v) is 2.94. The van der Waals surface area contributed by atoms with Crippen LogP contribution in [0.1, 0.15) is 5.56 Å². The normalized spacial score (nSPS) is 11.4. The summed E-state index contributed by atoms with van der Waals surface area (Å²) in [6.45, 7) is 1.83. The third-order valence-electron chi connectivity index (χ3n) is 1.81. The molecule has 0 atom stereocenters. The van der Waals surface area contributed by atoms with Crippen LogP contribution in [0.5, 0.6) is 0 Å². The lowest BCUT2D eigenvalue weighted by Gasteiger charge is -2.01. The molecule has 0 aliphatic rings. The van der Waals surface area contributed by atoms with Crippen molar-refractivity contribution in [3.63, 3.8) is 0 Å². The van der Waals surface area contributed by atoms with E-state index in [0.29, 0.717) is 6.21 Å². The Bertz CT molecular complexity index is 518. The minimum absolute atomic E-state index is 0.0369. The molecule has 1 aromatic carbocycles. The summed E-state index contributed by atoms with van der Waals surface area (Å²) < 4.78 is 31.5. The summed E-state index contributed by atoms with van der Waals surface area (Å²) in [6.07, 6.45) is 0.631. The van der Waals surface area contributed by atoms with Gasteiger partial charge in [-0.3, -0.25) is 4.28 Å². The van der Waals surface area contributed by atoms with E-state index in [0.717, 1.165) is 12.7 Å². The number of nitrogens with zero attached hydrogens (tertiary/aromatic N) is 1. The molecule has 6 nitrogen and oxygen atoms in total. The van der Waals surface area contributed by atoms with E-state index in [-0.39, 0.29) is 4.90 Å². The number of ether oxygens (including phenoxy) is 1. The van der Waals surface area contributed by atoms with Crippen LogP contribution in [-0.4, -0.2) is 27.7 Å². The van der Waals surface area contributed by atoms with Gasteiger partial charge in [-0.05, 0) is 19.1 Å². The second-order valence-corrected chi connectivity index (χ2v) is 4.63. The fourth-order valence-electron chi connectivity index (χ4n) is 0.922. The van der Waals surface area contributed by atoms with Crippen molar-refractivity contribution in [1.82, 2.24) is 0 Å². The van der Waals surface area contributed by atoms with Gasteiger partial charge in [0.05, 0.1) is 7.11 Å². The number of methoxy groups -OCH3 is 1. The molecule has 1 aromatic rings. The molecule has 1 rings (SSSR count). The monoisotopic (exact) mass is 257 g/mol. The molecule has 0 aromatic heterocycles. The zero-order valence-corrected chi connectivity index (χ0v) is 10.1. The second-order valence-electron chi connectivity index (χ2n) is 3.10. The number of benzene rings is 1. The maximum Gasteiger partial charge on any atom is 0.358 e. The van der Waals surface area contributed by atoms with Crippen molar-refractivity contribution in [3.05, 3.63) is 29.8 Å². The van der Waals surface area contributed by atoms with E-state index < -0.39 is 16.1 Å². The summed E-state index contributed by atoms with van der Waals surface area (Å²) in [7, 11) is -2.84. The first kappa shape index (κ1) is 13.2. The lowest BCUT2D eigenvalue weighted by atomic mass is 10.2. The highest BCUT2D eigenvalue weighted by molar-refractivity contribution is 7.86. The van der Waals surface area contributed by atoms with Crippen LogP contribution in [0.4, 0.5) is 0 Å². The molecule has 0 aliphatic heterocycles. The van der Waals surface area contributed by atoms with E-state index in [2.05, 4.69) is 14.2 Å². The summed E-state index contributed by atoms with van der Waals surface area (Å²) in [5.74, 6) is -0.802. The van der Waals surface area contributed by atoms with Crippen molar-refractivity contribution in [1.29, 1.82) is 0 Å². The lowest BCUT2D eigenvalue weighted by molar-refractivity contribution is -0.132. The Morgan fingerprint density at radius 1 is 1.29 bits per heavy atom. The Kier molecular flexibility index (Phi) is 4.22. The van der Waals surface area contributed by atoms with Crippen molar-refractivity contribution >= 4 is 22.3 Å². The van der Waals surface area contributed by atoms with Gasteiger partial charge in [-0.2, -0.15) is 8.42 Å². The van der Waals surface area contributed by atoms with Crippen molar-refractivity contribution in [2.75, 3.05) is 7.11 Å². The van der Waals surface area contributed by atoms with Gasteiger partial charge in [0.15, 0.2) is 6.21 Å². The molecule has 0 aliphatic carbocycles. The van der Waals surface area contributed by atoms with Gasteiger partial charge in [0, 0.05) is 0 Å². The van der Waals surface area contributed by atoms with Gasteiger partial charge in [0.1, 0.15) is 4.90 Å². The van der Waals surface area contributed by atoms with Crippen molar-refractivity contribution in [2.45, 2.75) is 11.8 Å². The van der Waals surface area contributed by atoms with Crippen LogP contribution < -0.4 is 0 Å². The molecule has 0 bridgehead atoms. The maximum atomic E-state index is 11.5. The minimum atomic E-state index is -3.99. The smallest absolute Gasteiger partial charge is 0.358 e. The molecule has 7 heteroatoms. The van der Waals surface area contributed by atoms with Crippen molar-refractivity contribution in [3.8, 4) is 0 Å². The average molecular weight is 257 g/mol. The van der Waals surface area contributed by atoms with E-state index in [4.69, 9.17) is 0 Å². The number of esters is 1. The molecule has 0 saturated heterocycles. The summed E-state index contributed by atoms with van der Waals surface area (Å²) in [5.41, 5.74) is 0.919. The van der Waals surface area contributed by atoms with Crippen molar-refractivity contribution in [2.24, 2.45) is 5.16 Å². The molecule has 17 heavy (non-hydrogen) atoms. The largest absolute Gasteiger partial charge is 0.465 e. The third kappa shape index (κ3) is 3.87. The maximum absolute atomic E-state index is 11.5. The van der Waals surface area contributed by atoms with E-state index in [1.807, 2.05) is 6.92 Å². The number of hydrogen-bond acceptors (Lipinski definition) is 6. The van der Waals surface area contributed by atoms with Crippen LogP contribution in [0.15, 0.2) is 34.3 Å². The van der Waals surface area contributed by atoms with E-state index in [1.54, 1.807) is 12.1 Å². The van der Waals surface area contributed by atoms with Gasteiger partial charge >= 0.3 is 16.1 Å². The molecule has 0 unspecified atom stereocenters. The van der Waals surface area contributed by atoms with Crippen LogP contribution >= 0.6 is 0 Å². The Balaban J connectivity index is 2.79. The fourth-order valence-corrected chi connectivity index (χ4v) is 1.63. The van der Waals surface area contributed by atoms with Gasteiger partial charge in [0.2, 0.25) is 0 Å². The quantitative estimate of drug-likeness (QED) is 0.454. The number of oxime groups is 1. The van der Waals surface area contributed by atoms with E-state index >= 15 is 0 Å². The molecule has 0 radical (unpaired) electrons. The zero-order chi connectivity index (χ0) is 12.9. The predicted molar refractivity (Wildman–Crippen MR) is 60.0 cm³/mol. The molecular formula is C10H11NO5S. The Morgan fingerprint density at radius 2 is 1.88 bits per heavy atom. The first-order valence-electron chi connectivity index (χ1n) is 4.57. The van der Waals surface area contributed by atoms with Crippen molar-refractivity contribution < 1.29 is 22.2 Å². The molecule has 0 fully saturated rings. The van der Waals surface area contributed by atoms with Crippen LogP contribution in [0.25, 0.3) is 0 Å². The number of aryl methyl sites for hydroxylation is 1. The first-order valence-corrected chi connectivity index (χ1v) is 5.98. The van der Waals surface area contributed by atoms with Crippen LogP contribution in [0, 0.1) is 6.92 Å². The molecule has 0 amide bonds. The number of rotatable bonds is 4. The van der Waals surface area contributed by atoms with Gasteiger partial charge in [-0.25, -0.2) is 4.79 Å². The van der Waals surface area contributed by atoms with Gasteiger partial charge in [-0.15, -0.1) is 0 Å². The van der Waals surface area contributed by atoms with Crippen LogP contribution in [0.3, 0.4) is 0 Å². The molecule has 0 heterocycles. The molecule has 0 saturated carbocycles.